The quantitative estimate of drug-likeness (QED) is 0.445. The molecular formula is C8H17N3O2. The van der Waals surface area contributed by atoms with Gasteiger partial charge in [-0.1, -0.05) is 6.92 Å². The van der Waals surface area contributed by atoms with Gasteiger partial charge in [0.25, 0.3) is 0 Å². The molecule has 0 saturated carbocycles. The van der Waals surface area contributed by atoms with E-state index in [0.717, 1.165) is 6.42 Å². The number of likely N-dealkylation sites (tertiary alicyclic amines) is 1. The summed E-state index contributed by atoms with van der Waals surface area (Å²) in [5.74, 6) is 5.74. The van der Waals surface area contributed by atoms with Gasteiger partial charge >= 0.3 is 6.09 Å². The van der Waals surface area contributed by atoms with Crippen LogP contribution in [0.4, 0.5) is 4.79 Å². The van der Waals surface area contributed by atoms with Gasteiger partial charge in [-0.25, -0.2) is 4.79 Å². The Labute approximate surface area is 78.2 Å². The van der Waals surface area contributed by atoms with Gasteiger partial charge in [-0.05, 0) is 12.3 Å². The molecule has 0 aromatic carbocycles. The summed E-state index contributed by atoms with van der Waals surface area (Å²) in [6.07, 6.45) is 0.634. The van der Waals surface area contributed by atoms with Crippen LogP contribution in [0.5, 0.6) is 0 Å². The third-order valence-electron chi connectivity index (χ3n) is 2.55. The first-order valence-corrected chi connectivity index (χ1v) is 4.48. The highest BCUT2D eigenvalue weighted by Crippen LogP contribution is 2.16. The number of hydrogen-bond donors (Lipinski definition) is 2. The maximum atomic E-state index is 11.2. The van der Waals surface area contributed by atoms with E-state index < -0.39 is 0 Å². The van der Waals surface area contributed by atoms with E-state index >= 15 is 0 Å². The largest absolute Gasteiger partial charge is 0.453 e. The molecule has 13 heavy (non-hydrogen) atoms. The van der Waals surface area contributed by atoms with Gasteiger partial charge in [0.2, 0.25) is 0 Å². The summed E-state index contributed by atoms with van der Waals surface area (Å²) >= 11 is 0. The first-order chi connectivity index (χ1) is 6.19. The Bertz CT molecular complexity index is 186. The van der Waals surface area contributed by atoms with Crippen LogP contribution in [0.15, 0.2) is 0 Å². The number of hydrogen-bond acceptors (Lipinski definition) is 4. The fourth-order valence-corrected chi connectivity index (χ4v) is 1.69. The highest BCUT2D eigenvalue weighted by molar-refractivity contribution is 5.67. The molecule has 1 fully saturated rings. The lowest BCUT2D eigenvalue weighted by atomic mass is 9.95. The predicted octanol–water partition coefficient (Wildman–Crippen LogP) is -0.0735. The lowest BCUT2D eigenvalue weighted by Crippen LogP contribution is -2.51. The van der Waals surface area contributed by atoms with Crippen molar-refractivity contribution in [2.24, 2.45) is 11.8 Å². The second kappa shape index (κ2) is 4.43. The number of nitrogens with zero attached hydrogens (tertiary/aromatic N) is 1. The van der Waals surface area contributed by atoms with Crippen molar-refractivity contribution >= 4 is 6.09 Å². The first kappa shape index (κ1) is 10.3. The molecule has 1 heterocycles. The van der Waals surface area contributed by atoms with Crippen LogP contribution in [0.1, 0.15) is 13.3 Å². The number of hydrazine groups is 1. The molecular weight excluding hydrogens is 170 g/mol. The number of piperidine rings is 1. The van der Waals surface area contributed by atoms with Gasteiger partial charge in [-0.3, -0.25) is 11.3 Å². The minimum Gasteiger partial charge on any atom is -0.453 e. The van der Waals surface area contributed by atoms with Crippen LogP contribution >= 0.6 is 0 Å². The molecule has 0 aliphatic carbocycles. The van der Waals surface area contributed by atoms with E-state index in [1.54, 1.807) is 4.90 Å². The van der Waals surface area contributed by atoms with Crippen LogP contribution in [-0.4, -0.2) is 37.2 Å². The summed E-state index contributed by atoms with van der Waals surface area (Å²) in [7, 11) is 1.40. The lowest BCUT2D eigenvalue weighted by molar-refractivity contribution is 0.0944. The molecule has 0 aromatic rings. The van der Waals surface area contributed by atoms with Crippen LogP contribution in [0, 0.1) is 5.92 Å². The van der Waals surface area contributed by atoms with Crippen LogP contribution in [0.3, 0.4) is 0 Å². The van der Waals surface area contributed by atoms with Gasteiger partial charge in [-0.2, -0.15) is 0 Å². The van der Waals surface area contributed by atoms with Crippen molar-refractivity contribution in [2.75, 3.05) is 20.2 Å². The van der Waals surface area contributed by atoms with Crippen LogP contribution < -0.4 is 11.3 Å². The average molecular weight is 187 g/mol. The van der Waals surface area contributed by atoms with Crippen LogP contribution in [0.25, 0.3) is 0 Å². The van der Waals surface area contributed by atoms with Crippen molar-refractivity contribution in [3.05, 3.63) is 0 Å². The molecule has 1 aliphatic heterocycles. The molecule has 1 amide bonds. The fraction of sp³-hybridized carbons (Fsp3) is 0.875. The van der Waals surface area contributed by atoms with E-state index in [9.17, 15) is 4.79 Å². The summed E-state index contributed by atoms with van der Waals surface area (Å²) in [6.45, 7) is 3.49. The minimum absolute atomic E-state index is 0.248. The molecule has 2 atom stereocenters. The Morgan fingerprint density at radius 1 is 1.69 bits per heavy atom. The predicted molar refractivity (Wildman–Crippen MR) is 48.9 cm³/mol. The van der Waals surface area contributed by atoms with Crippen molar-refractivity contribution in [3.63, 3.8) is 0 Å². The molecule has 0 bridgehead atoms. The van der Waals surface area contributed by atoms with E-state index in [-0.39, 0.29) is 6.09 Å². The van der Waals surface area contributed by atoms with Crippen molar-refractivity contribution in [3.8, 4) is 0 Å². The minimum atomic E-state index is -0.248. The highest BCUT2D eigenvalue weighted by atomic mass is 16.5. The SMILES string of the molecule is COC(=O)N1CC[C@@H](NN)[C@@H](C)C1. The van der Waals surface area contributed by atoms with E-state index in [1.807, 2.05) is 0 Å². The maximum Gasteiger partial charge on any atom is 0.409 e. The Morgan fingerprint density at radius 2 is 2.38 bits per heavy atom. The normalized spacial score (nSPS) is 28.7. The lowest BCUT2D eigenvalue weighted by Gasteiger charge is -2.35. The third kappa shape index (κ3) is 2.32. The number of ether oxygens (including phenoxy) is 1. The molecule has 0 spiro atoms. The van der Waals surface area contributed by atoms with Crippen LogP contribution in [0.2, 0.25) is 0 Å². The Balaban J connectivity index is 2.45. The Kier molecular flexibility index (Phi) is 3.50. The van der Waals surface area contributed by atoms with Gasteiger partial charge in [0, 0.05) is 19.1 Å². The third-order valence-corrected chi connectivity index (χ3v) is 2.55. The molecule has 0 radical (unpaired) electrons. The molecule has 1 aliphatic rings. The zero-order valence-corrected chi connectivity index (χ0v) is 8.12. The first-order valence-electron chi connectivity index (χ1n) is 4.48. The van der Waals surface area contributed by atoms with E-state index in [4.69, 9.17) is 5.84 Å². The van der Waals surface area contributed by atoms with Gasteiger partial charge in [-0.15, -0.1) is 0 Å². The van der Waals surface area contributed by atoms with Crippen molar-refractivity contribution < 1.29 is 9.53 Å². The smallest absolute Gasteiger partial charge is 0.409 e. The number of nitrogens with two attached hydrogens (primary N) is 1. The van der Waals surface area contributed by atoms with E-state index in [0.29, 0.717) is 25.0 Å². The standard InChI is InChI=1S/C8H17N3O2/c1-6-5-11(8(12)13-2)4-3-7(6)10-9/h6-7,10H,3-5,9H2,1-2H3/t6-,7+/m0/s1. The van der Waals surface area contributed by atoms with Crippen molar-refractivity contribution in [1.82, 2.24) is 10.3 Å². The second-order valence-corrected chi connectivity index (χ2v) is 3.46. The van der Waals surface area contributed by atoms with E-state index in [1.165, 1.54) is 7.11 Å². The zero-order chi connectivity index (χ0) is 9.84. The molecule has 0 aromatic heterocycles. The summed E-state index contributed by atoms with van der Waals surface area (Å²) in [4.78, 5) is 12.9. The number of rotatable bonds is 1. The molecule has 5 nitrogen and oxygen atoms in total. The summed E-state index contributed by atoms with van der Waals surface area (Å²) in [5.41, 5.74) is 2.75. The Hall–Kier alpha value is -0.810. The zero-order valence-electron chi connectivity index (χ0n) is 8.12. The molecule has 1 saturated heterocycles. The van der Waals surface area contributed by atoms with Gasteiger partial charge < -0.3 is 9.64 Å². The molecule has 76 valence electrons. The highest BCUT2D eigenvalue weighted by Gasteiger charge is 2.28. The Morgan fingerprint density at radius 3 is 2.85 bits per heavy atom. The molecule has 0 unspecified atom stereocenters. The number of nitrogens with one attached hydrogen (secondary N) is 1. The van der Waals surface area contributed by atoms with Gasteiger partial charge in [0.1, 0.15) is 0 Å². The van der Waals surface area contributed by atoms with Crippen molar-refractivity contribution in [2.45, 2.75) is 19.4 Å². The van der Waals surface area contributed by atoms with Crippen LogP contribution in [-0.2, 0) is 4.74 Å². The number of methoxy groups -OCH3 is 1. The van der Waals surface area contributed by atoms with Gasteiger partial charge in [0.05, 0.1) is 7.11 Å². The topological polar surface area (TPSA) is 67.6 Å². The molecule has 1 rings (SSSR count). The number of carbonyl (C=O) groups is 1. The number of amides is 1. The van der Waals surface area contributed by atoms with Crippen molar-refractivity contribution in [1.29, 1.82) is 0 Å². The molecule has 5 heteroatoms. The summed E-state index contributed by atoms with van der Waals surface area (Å²) < 4.78 is 4.64. The maximum absolute atomic E-state index is 11.2. The second-order valence-electron chi connectivity index (χ2n) is 3.46. The monoisotopic (exact) mass is 187 g/mol. The molecule has 3 N–H and O–H groups in total. The fourth-order valence-electron chi connectivity index (χ4n) is 1.69. The van der Waals surface area contributed by atoms with E-state index in [2.05, 4.69) is 17.1 Å². The van der Waals surface area contributed by atoms with Gasteiger partial charge in [0.15, 0.2) is 0 Å². The summed E-state index contributed by atoms with van der Waals surface area (Å²) in [5, 5.41) is 0. The number of carbonyl (C=O) groups excluding carboxylic acids is 1. The average Bonchev–Trinajstić information content (AvgIpc) is 2.16. The summed E-state index contributed by atoms with van der Waals surface area (Å²) in [6, 6.07) is 0.306.